The van der Waals surface area contributed by atoms with Gasteiger partial charge in [-0.1, -0.05) is 39.8 Å². The molecule has 0 saturated carbocycles. The number of aliphatic hydroxyl groups is 2. The second-order valence-electron chi connectivity index (χ2n) is 21.5. The molecule has 4 aromatic carbocycles. The number of aliphatic hydroxyl groups excluding tert-OH is 2. The van der Waals surface area contributed by atoms with Crippen LogP contribution in [0.5, 0.6) is 11.5 Å². The number of nitrogens with zero attached hydrogens (tertiary/aromatic N) is 4. The summed E-state index contributed by atoms with van der Waals surface area (Å²) in [5.41, 5.74) is 15.6. The average Bonchev–Trinajstić information content (AvgIpc) is 3.32. The first-order valence-corrected chi connectivity index (χ1v) is 24.9. The Kier molecular flexibility index (Phi) is 13.5. The lowest BCUT2D eigenvalue weighted by Crippen LogP contribution is -2.25. The second-order valence-corrected chi connectivity index (χ2v) is 21.5. The number of hydrogen-bond acceptors (Lipinski definition) is 10. The van der Waals surface area contributed by atoms with Crippen LogP contribution < -0.4 is 9.47 Å². The molecule has 0 aliphatic carbocycles. The molecule has 0 amide bonds. The summed E-state index contributed by atoms with van der Waals surface area (Å²) < 4.78 is 24.8. The Hall–Kier alpha value is -6.04. The third-order valence-corrected chi connectivity index (χ3v) is 13.4. The topological polar surface area (TPSA) is 129 Å². The summed E-state index contributed by atoms with van der Waals surface area (Å²) in [6, 6.07) is 25.2. The predicted molar refractivity (Wildman–Crippen MR) is 282 cm³/mol. The molecule has 0 radical (unpaired) electrons. The highest BCUT2D eigenvalue weighted by atomic mass is 16.5. The molecule has 10 nitrogen and oxygen atoms in total. The summed E-state index contributed by atoms with van der Waals surface area (Å²) in [5.74, 6) is 2.41. The first-order chi connectivity index (χ1) is 33.3. The van der Waals surface area contributed by atoms with Crippen molar-refractivity contribution in [3.63, 3.8) is 0 Å². The zero-order chi connectivity index (χ0) is 49.8. The van der Waals surface area contributed by atoms with Crippen molar-refractivity contribution in [2.45, 2.75) is 131 Å². The monoisotopic (exact) mass is 941 g/mol. The summed E-state index contributed by atoms with van der Waals surface area (Å²) in [6.07, 6.45) is 4.53. The highest BCUT2D eigenvalue weighted by Crippen LogP contribution is 2.47. The maximum atomic E-state index is 10.5. The van der Waals surface area contributed by atoms with Crippen molar-refractivity contribution in [2.24, 2.45) is 0 Å². The third-order valence-electron chi connectivity index (χ3n) is 13.4. The molecular formula is C60H68N4O6. The van der Waals surface area contributed by atoms with Gasteiger partial charge in [0.15, 0.2) is 0 Å². The van der Waals surface area contributed by atoms with Crippen molar-refractivity contribution in [1.82, 2.24) is 19.9 Å². The lowest BCUT2D eigenvalue weighted by molar-refractivity contribution is -0.0823. The van der Waals surface area contributed by atoms with Gasteiger partial charge in [-0.05, 0) is 172 Å². The Morgan fingerprint density at radius 3 is 1.31 bits per heavy atom. The molecular weight excluding hydrogens is 873 g/mol. The van der Waals surface area contributed by atoms with Crippen LogP contribution in [0.1, 0.15) is 138 Å². The largest absolute Gasteiger partial charge is 0.493 e. The zero-order valence-corrected chi connectivity index (χ0v) is 43.0. The third kappa shape index (κ3) is 9.47. The van der Waals surface area contributed by atoms with Gasteiger partial charge in [-0.25, -0.2) is 0 Å². The first kappa shape index (κ1) is 49.0. The Bertz CT molecular complexity index is 3040. The number of hydrogen-bond donors (Lipinski definition) is 2. The minimum Gasteiger partial charge on any atom is -0.493 e. The van der Waals surface area contributed by atoms with Crippen LogP contribution in [0.4, 0.5) is 0 Å². The molecule has 4 aromatic heterocycles. The van der Waals surface area contributed by atoms with Crippen molar-refractivity contribution < 1.29 is 29.2 Å². The molecule has 0 spiro atoms. The van der Waals surface area contributed by atoms with Gasteiger partial charge in [0.1, 0.15) is 23.7 Å². The second kappa shape index (κ2) is 19.3. The maximum Gasteiger partial charge on any atom is 0.129 e. The summed E-state index contributed by atoms with van der Waals surface area (Å²) in [4.78, 5) is 19.7. The van der Waals surface area contributed by atoms with E-state index in [1.54, 1.807) is 0 Å². The molecule has 2 aliphatic heterocycles. The van der Waals surface area contributed by atoms with Crippen LogP contribution in [0.3, 0.4) is 0 Å². The van der Waals surface area contributed by atoms with Gasteiger partial charge >= 0.3 is 0 Å². The SMILES string of the molecule is Cc1cc2nc(C(C)C)ccc2c(-c2ccc3c4c(ccnc24)CCO3)c1[C@@H](CO)OC(C)(C)C.Cc1cc2nc(C(C)C)ccc2c(-c2ccc3c4c(ccnc24)CCO3)c1[C@@H](CO)OC(C)(C)C. The normalized spacial score (nSPS) is 14.5. The summed E-state index contributed by atoms with van der Waals surface area (Å²) in [6.45, 7) is 26.0. The van der Waals surface area contributed by atoms with E-state index >= 15 is 0 Å². The number of rotatable bonds is 10. The molecule has 2 aliphatic rings. The van der Waals surface area contributed by atoms with Crippen molar-refractivity contribution in [2.75, 3.05) is 26.4 Å². The number of ether oxygens (including phenoxy) is 4. The minimum absolute atomic E-state index is 0.119. The Labute approximate surface area is 412 Å². The average molecular weight is 941 g/mol. The molecule has 10 heteroatoms. The fourth-order valence-corrected chi connectivity index (χ4v) is 10.4. The van der Waals surface area contributed by atoms with E-state index in [0.29, 0.717) is 25.0 Å². The van der Waals surface area contributed by atoms with Gasteiger partial charge in [-0.15, -0.1) is 0 Å². The van der Waals surface area contributed by atoms with Crippen LogP contribution in [-0.4, -0.2) is 67.8 Å². The van der Waals surface area contributed by atoms with E-state index in [-0.39, 0.29) is 13.2 Å². The van der Waals surface area contributed by atoms with Gasteiger partial charge in [-0.2, -0.15) is 0 Å². The molecule has 2 atom stereocenters. The molecule has 2 N–H and O–H groups in total. The summed E-state index contributed by atoms with van der Waals surface area (Å²) in [7, 11) is 0. The first-order valence-electron chi connectivity index (χ1n) is 24.9. The maximum absolute atomic E-state index is 10.5. The Morgan fingerprint density at radius 2 is 0.957 bits per heavy atom. The fourth-order valence-electron chi connectivity index (χ4n) is 10.4. The Morgan fingerprint density at radius 1 is 0.557 bits per heavy atom. The summed E-state index contributed by atoms with van der Waals surface area (Å²) in [5, 5.41) is 25.2. The van der Waals surface area contributed by atoms with Crippen LogP contribution in [0.2, 0.25) is 0 Å². The summed E-state index contributed by atoms with van der Waals surface area (Å²) >= 11 is 0. The van der Waals surface area contributed by atoms with Crippen LogP contribution in [0.25, 0.3) is 65.9 Å². The number of pyridine rings is 4. The van der Waals surface area contributed by atoms with E-state index in [9.17, 15) is 10.2 Å². The van der Waals surface area contributed by atoms with Crippen LogP contribution in [-0.2, 0) is 22.3 Å². The smallest absolute Gasteiger partial charge is 0.129 e. The molecule has 364 valence electrons. The van der Waals surface area contributed by atoms with E-state index in [4.69, 9.17) is 38.9 Å². The number of fused-ring (bicyclic) bond motifs is 2. The number of aromatic nitrogens is 4. The van der Waals surface area contributed by atoms with Crippen molar-refractivity contribution >= 4 is 43.6 Å². The van der Waals surface area contributed by atoms with E-state index in [0.717, 1.165) is 124 Å². The van der Waals surface area contributed by atoms with Gasteiger partial charge in [0.25, 0.3) is 0 Å². The molecule has 6 heterocycles. The molecule has 8 aromatic rings. The molecule has 0 bridgehead atoms. The van der Waals surface area contributed by atoms with Crippen molar-refractivity contribution in [3.05, 3.63) is 130 Å². The molecule has 10 rings (SSSR count). The fraction of sp³-hybridized carbons (Fsp3) is 0.400. The van der Waals surface area contributed by atoms with Gasteiger partial charge in [-0.3, -0.25) is 19.9 Å². The minimum atomic E-state index is -0.485. The standard InChI is InChI=1S/2C30H34N2O3/c2*1-17(2)22-9-7-20-23(32-22)15-18(3)26(25(16-33)35-30(4,5)6)28(20)21-8-10-24-27-19(12-14-34-24)11-13-31-29(21)27/h2*7-11,13,15,17,25,33H,12,14,16H2,1-6H3/t2*25-/m11/s1. The predicted octanol–water partition coefficient (Wildman–Crippen LogP) is 13.3. The van der Waals surface area contributed by atoms with E-state index in [1.165, 1.54) is 11.1 Å². The van der Waals surface area contributed by atoms with Gasteiger partial charge in [0, 0.05) is 69.3 Å². The van der Waals surface area contributed by atoms with E-state index < -0.39 is 23.4 Å². The van der Waals surface area contributed by atoms with Crippen molar-refractivity contribution in [3.8, 4) is 33.8 Å². The molecule has 0 unspecified atom stereocenters. The Balaban J connectivity index is 0.000000174. The van der Waals surface area contributed by atoms with Gasteiger partial charge in [0.05, 0.1) is 59.7 Å². The lowest BCUT2D eigenvalue weighted by Gasteiger charge is -2.30. The zero-order valence-electron chi connectivity index (χ0n) is 43.0. The molecule has 0 fully saturated rings. The molecule has 70 heavy (non-hydrogen) atoms. The highest BCUT2D eigenvalue weighted by Gasteiger charge is 2.31. The molecule has 0 saturated heterocycles. The van der Waals surface area contributed by atoms with Crippen molar-refractivity contribution in [1.29, 1.82) is 0 Å². The lowest BCUT2D eigenvalue weighted by atomic mass is 9.86. The van der Waals surface area contributed by atoms with Crippen LogP contribution >= 0.6 is 0 Å². The number of aryl methyl sites for hydroxylation is 2. The van der Waals surface area contributed by atoms with Crippen LogP contribution in [0.15, 0.2) is 85.2 Å². The van der Waals surface area contributed by atoms with Gasteiger partial charge < -0.3 is 29.2 Å². The highest BCUT2D eigenvalue weighted by molar-refractivity contribution is 6.09. The van der Waals surface area contributed by atoms with E-state index in [1.807, 2.05) is 53.9 Å². The number of benzene rings is 4. The van der Waals surface area contributed by atoms with Crippen LogP contribution in [0, 0.1) is 13.8 Å². The van der Waals surface area contributed by atoms with Gasteiger partial charge in [0.2, 0.25) is 0 Å². The quantitative estimate of drug-likeness (QED) is 0.137. The van der Waals surface area contributed by atoms with E-state index in [2.05, 4.69) is 114 Å².